The van der Waals surface area contributed by atoms with E-state index in [1.807, 2.05) is 0 Å². The molecule has 0 aromatic rings. The molecule has 1 fully saturated rings. The molecule has 0 bridgehead atoms. The molecule has 1 aliphatic heterocycles. The van der Waals surface area contributed by atoms with Gasteiger partial charge in [0.15, 0.2) is 0 Å². The van der Waals surface area contributed by atoms with E-state index >= 15 is 0 Å². The van der Waals surface area contributed by atoms with Crippen LogP contribution in [0.1, 0.15) is 33.6 Å². The van der Waals surface area contributed by atoms with Gasteiger partial charge < -0.3 is 19.8 Å². The summed E-state index contributed by atoms with van der Waals surface area (Å²) in [5.74, 6) is -2.03. The number of aliphatic hydroxyl groups is 1. The van der Waals surface area contributed by atoms with Gasteiger partial charge in [0, 0.05) is 13.1 Å². The van der Waals surface area contributed by atoms with Gasteiger partial charge in [-0.05, 0) is 33.6 Å². The lowest BCUT2D eigenvalue weighted by Gasteiger charge is -2.27. The Balaban J connectivity index is 2.71. The van der Waals surface area contributed by atoms with Gasteiger partial charge in [-0.25, -0.2) is 4.79 Å². The number of carboxylic acid groups (broad SMARTS) is 1. The van der Waals surface area contributed by atoms with Crippen molar-refractivity contribution in [2.24, 2.45) is 5.92 Å². The van der Waals surface area contributed by atoms with Crippen LogP contribution < -0.4 is 0 Å². The standard InChI is InChI=1S/C12H21NO5/c1-12(2,3)18-11(17)13-6-4-5-9(14)8(7-13)10(15)16/h8-9,14H,4-7H2,1-3H3,(H,15,16)/t8-,9-/m1/s1. The molecule has 1 amide bonds. The number of aliphatic hydroxyl groups excluding tert-OH is 1. The van der Waals surface area contributed by atoms with Gasteiger partial charge in [0.2, 0.25) is 0 Å². The molecule has 0 spiro atoms. The fraction of sp³-hybridized carbons (Fsp3) is 0.833. The van der Waals surface area contributed by atoms with E-state index in [2.05, 4.69) is 0 Å². The highest BCUT2D eigenvalue weighted by atomic mass is 16.6. The van der Waals surface area contributed by atoms with Crippen LogP contribution in [-0.2, 0) is 9.53 Å². The summed E-state index contributed by atoms with van der Waals surface area (Å²) in [6.45, 7) is 5.67. The van der Waals surface area contributed by atoms with Gasteiger partial charge in [-0.3, -0.25) is 4.79 Å². The van der Waals surface area contributed by atoms with Gasteiger partial charge in [-0.2, -0.15) is 0 Å². The number of carbonyl (C=O) groups is 2. The maximum atomic E-state index is 11.9. The third-order valence-corrected chi connectivity index (χ3v) is 2.78. The topological polar surface area (TPSA) is 87.1 Å². The molecule has 0 saturated carbocycles. The Hall–Kier alpha value is -1.30. The molecule has 1 saturated heterocycles. The van der Waals surface area contributed by atoms with Crippen molar-refractivity contribution >= 4 is 12.1 Å². The second kappa shape index (κ2) is 5.56. The van der Waals surface area contributed by atoms with Crippen molar-refractivity contribution in [1.82, 2.24) is 4.90 Å². The molecule has 104 valence electrons. The maximum absolute atomic E-state index is 11.9. The number of nitrogens with zero attached hydrogens (tertiary/aromatic N) is 1. The van der Waals surface area contributed by atoms with Gasteiger partial charge in [0.05, 0.1) is 6.10 Å². The number of ether oxygens (including phenoxy) is 1. The van der Waals surface area contributed by atoms with Crippen molar-refractivity contribution in [3.63, 3.8) is 0 Å². The second-order valence-corrected chi connectivity index (χ2v) is 5.58. The van der Waals surface area contributed by atoms with E-state index in [4.69, 9.17) is 9.84 Å². The molecule has 1 aliphatic rings. The number of carbonyl (C=O) groups excluding carboxylic acids is 1. The summed E-state index contributed by atoms with van der Waals surface area (Å²) in [6.07, 6.45) is -0.474. The third kappa shape index (κ3) is 4.18. The fourth-order valence-electron chi connectivity index (χ4n) is 1.88. The SMILES string of the molecule is CC(C)(C)OC(=O)N1CCC[C@@H](O)[C@H](C(=O)O)C1. The Morgan fingerprint density at radius 1 is 1.33 bits per heavy atom. The predicted molar refractivity (Wildman–Crippen MR) is 64.2 cm³/mol. The molecule has 2 N–H and O–H groups in total. The summed E-state index contributed by atoms with van der Waals surface area (Å²) in [6, 6.07) is 0. The minimum absolute atomic E-state index is 0.00852. The number of hydrogen-bond donors (Lipinski definition) is 2. The zero-order valence-corrected chi connectivity index (χ0v) is 11.0. The van der Waals surface area contributed by atoms with Crippen LogP contribution in [0, 0.1) is 5.92 Å². The van der Waals surface area contributed by atoms with Crippen LogP contribution in [0.25, 0.3) is 0 Å². The molecule has 2 atom stereocenters. The zero-order chi connectivity index (χ0) is 13.9. The minimum atomic E-state index is -1.09. The number of likely N-dealkylation sites (tertiary alicyclic amines) is 1. The Labute approximate surface area is 107 Å². The average molecular weight is 259 g/mol. The average Bonchev–Trinajstić information content (AvgIpc) is 2.37. The van der Waals surface area contributed by atoms with Crippen LogP contribution >= 0.6 is 0 Å². The molecule has 0 unspecified atom stereocenters. The van der Waals surface area contributed by atoms with Crippen molar-refractivity contribution in [3.8, 4) is 0 Å². The van der Waals surface area contributed by atoms with Gasteiger partial charge >= 0.3 is 12.1 Å². The van der Waals surface area contributed by atoms with Crippen LogP contribution in [0.2, 0.25) is 0 Å². The normalized spacial score (nSPS) is 25.4. The minimum Gasteiger partial charge on any atom is -0.481 e. The van der Waals surface area contributed by atoms with Crippen LogP contribution in [0.15, 0.2) is 0 Å². The predicted octanol–water partition coefficient (Wildman–Crippen LogP) is 1.08. The molecule has 18 heavy (non-hydrogen) atoms. The number of amides is 1. The van der Waals surface area contributed by atoms with Crippen LogP contribution in [0.4, 0.5) is 4.79 Å². The summed E-state index contributed by atoms with van der Waals surface area (Å²) >= 11 is 0. The molecular weight excluding hydrogens is 238 g/mol. The van der Waals surface area contributed by atoms with Gasteiger partial charge in [-0.1, -0.05) is 0 Å². The summed E-state index contributed by atoms with van der Waals surface area (Å²) < 4.78 is 5.21. The van der Waals surface area contributed by atoms with Crippen molar-refractivity contribution in [1.29, 1.82) is 0 Å². The van der Waals surface area contributed by atoms with Gasteiger partial charge in [-0.15, -0.1) is 0 Å². The number of carboxylic acids is 1. The van der Waals surface area contributed by atoms with Crippen LogP contribution in [0.3, 0.4) is 0 Å². The second-order valence-electron chi connectivity index (χ2n) is 5.58. The first kappa shape index (κ1) is 14.8. The Morgan fingerprint density at radius 3 is 2.44 bits per heavy atom. The molecular formula is C12H21NO5. The first-order valence-electron chi connectivity index (χ1n) is 6.09. The number of rotatable bonds is 1. The largest absolute Gasteiger partial charge is 0.481 e. The first-order valence-corrected chi connectivity index (χ1v) is 6.09. The quantitative estimate of drug-likeness (QED) is 0.735. The van der Waals surface area contributed by atoms with Crippen molar-refractivity contribution in [2.75, 3.05) is 13.1 Å². The summed E-state index contributed by atoms with van der Waals surface area (Å²) in [7, 11) is 0. The molecule has 6 nitrogen and oxygen atoms in total. The van der Waals surface area contributed by atoms with E-state index < -0.39 is 29.7 Å². The molecule has 1 rings (SSSR count). The zero-order valence-electron chi connectivity index (χ0n) is 11.0. The van der Waals surface area contributed by atoms with Crippen LogP contribution in [-0.4, -0.2) is 52.0 Å². The van der Waals surface area contributed by atoms with Crippen molar-refractivity contribution < 1.29 is 24.5 Å². The lowest BCUT2D eigenvalue weighted by Crippen LogP contribution is -2.42. The Bertz CT molecular complexity index is 323. The van der Waals surface area contributed by atoms with E-state index in [0.717, 1.165) is 0 Å². The highest BCUT2D eigenvalue weighted by molar-refractivity contribution is 5.73. The fourth-order valence-corrected chi connectivity index (χ4v) is 1.88. The molecule has 0 aliphatic carbocycles. The smallest absolute Gasteiger partial charge is 0.410 e. The van der Waals surface area contributed by atoms with E-state index in [1.54, 1.807) is 20.8 Å². The monoisotopic (exact) mass is 259 g/mol. The van der Waals surface area contributed by atoms with Crippen LogP contribution in [0.5, 0.6) is 0 Å². The van der Waals surface area contributed by atoms with E-state index in [0.29, 0.717) is 19.4 Å². The molecule has 6 heteroatoms. The Kier molecular flexibility index (Phi) is 4.56. The van der Waals surface area contributed by atoms with E-state index in [1.165, 1.54) is 4.90 Å². The molecule has 0 aromatic carbocycles. The van der Waals surface area contributed by atoms with Gasteiger partial charge in [0.1, 0.15) is 11.5 Å². The molecule has 0 aromatic heterocycles. The lowest BCUT2D eigenvalue weighted by molar-refractivity contribution is -0.146. The van der Waals surface area contributed by atoms with Crippen molar-refractivity contribution in [2.45, 2.75) is 45.3 Å². The highest BCUT2D eigenvalue weighted by Gasteiger charge is 2.34. The summed E-state index contributed by atoms with van der Waals surface area (Å²) in [4.78, 5) is 24.3. The van der Waals surface area contributed by atoms with Crippen molar-refractivity contribution in [3.05, 3.63) is 0 Å². The highest BCUT2D eigenvalue weighted by Crippen LogP contribution is 2.19. The summed E-state index contributed by atoms with van der Waals surface area (Å²) in [5.41, 5.74) is -0.610. The Morgan fingerprint density at radius 2 is 1.94 bits per heavy atom. The van der Waals surface area contributed by atoms with Gasteiger partial charge in [0.25, 0.3) is 0 Å². The number of aliphatic carboxylic acids is 1. The lowest BCUT2D eigenvalue weighted by atomic mass is 10.0. The first-order chi connectivity index (χ1) is 8.20. The summed E-state index contributed by atoms with van der Waals surface area (Å²) in [5, 5.41) is 18.7. The van der Waals surface area contributed by atoms with E-state index in [9.17, 15) is 14.7 Å². The molecule has 1 heterocycles. The molecule has 0 radical (unpaired) electrons. The maximum Gasteiger partial charge on any atom is 0.410 e. The number of hydrogen-bond acceptors (Lipinski definition) is 4. The van der Waals surface area contributed by atoms with E-state index in [-0.39, 0.29) is 6.54 Å². The third-order valence-electron chi connectivity index (χ3n) is 2.78.